The number of rotatable bonds is 5. The van der Waals surface area contributed by atoms with Gasteiger partial charge in [-0.15, -0.1) is 0 Å². The van der Waals surface area contributed by atoms with Crippen molar-refractivity contribution in [2.24, 2.45) is 0 Å². The standard InChI is InChI=1S/C12H21N5O2S/c1-11(10-13-2)20(18,19)17-8-6-16(7-9-17)12-14-4-3-5-15-12/h3-5,11,13H,6-10H2,1-2H3. The van der Waals surface area contributed by atoms with Crippen LogP contribution in [-0.2, 0) is 10.0 Å². The quantitative estimate of drug-likeness (QED) is 0.792. The third kappa shape index (κ3) is 3.25. The van der Waals surface area contributed by atoms with Gasteiger partial charge >= 0.3 is 0 Å². The highest BCUT2D eigenvalue weighted by Crippen LogP contribution is 2.15. The van der Waals surface area contributed by atoms with Gasteiger partial charge in [-0.3, -0.25) is 0 Å². The van der Waals surface area contributed by atoms with Gasteiger partial charge in [0.15, 0.2) is 0 Å². The molecule has 8 heteroatoms. The van der Waals surface area contributed by atoms with Crippen molar-refractivity contribution in [2.45, 2.75) is 12.2 Å². The summed E-state index contributed by atoms with van der Waals surface area (Å²) in [6.45, 7) is 4.40. The maximum Gasteiger partial charge on any atom is 0.225 e. The van der Waals surface area contributed by atoms with Crippen LogP contribution in [0.25, 0.3) is 0 Å². The van der Waals surface area contributed by atoms with Crippen LogP contribution in [0.1, 0.15) is 6.92 Å². The van der Waals surface area contributed by atoms with Gasteiger partial charge in [0, 0.05) is 45.1 Å². The zero-order valence-electron chi connectivity index (χ0n) is 11.9. The molecule has 7 nitrogen and oxygen atoms in total. The Hall–Kier alpha value is -1.25. The minimum Gasteiger partial charge on any atom is -0.338 e. The third-order valence-corrected chi connectivity index (χ3v) is 5.70. The normalized spacial score (nSPS) is 19.0. The van der Waals surface area contributed by atoms with Gasteiger partial charge in [0.05, 0.1) is 5.25 Å². The van der Waals surface area contributed by atoms with Crippen LogP contribution in [0.5, 0.6) is 0 Å². The summed E-state index contributed by atoms with van der Waals surface area (Å²) in [7, 11) is -1.47. The van der Waals surface area contributed by atoms with Gasteiger partial charge in [0.25, 0.3) is 0 Å². The van der Waals surface area contributed by atoms with Crippen molar-refractivity contribution in [2.75, 3.05) is 44.7 Å². The van der Waals surface area contributed by atoms with E-state index in [9.17, 15) is 8.42 Å². The Bertz CT molecular complexity index is 514. The molecule has 0 amide bonds. The van der Waals surface area contributed by atoms with E-state index in [0.29, 0.717) is 38.7 Å². The Labute approximate surface area is 120 Å². The number of sulfonamides is 1. The molecule has 1 fully saturated rings. The largest absolute Gasteiger partial charge is 0.338 e. The summed E-state index contributed by atoms with van der Waals surface area (Å²) in [5.74, 6) is 0.660. The van der Waals surface area contributed by atoms with E-state index >= 15 is 0 Å². The highest BCUT2D eigenvalue weighted by molar-refractivity contribution is 7.89. The van der Waals surface area contributed by atoms with Crippen molar-refractivity contribution >= 4 is 16.0 Å². The lowest BCUT2D eigenvalue weighted by molar-refractivity contribution is 0.377. The molecule has 1 aromatic rings. The van der Waals surface area contributed by atoms with E-state index < -0.39 is 15.3 Å². The molecule has 0 aliphatic carbocycles. The average molecular weight is 299 g/mol. The van der Waals surface area contributed by atoms with Gasteiger partial charge in [0.2, 0.25) is 16.0 Å². The van der Waals surface area contributed by atoms with Crippen LogP contribution in [-0.4, -0.2) is 67.7 Å². The molecule has 0 aromatic carbocycles. The minimum absolute atomic E-state index is 0.410. The fraction of sp³-hybridized carbons (Fsp3) is 0.667. The number of nitrogens with zero attached hydrogens (tertiary/aromatic N) is 4. The van der Waals surface area contributed by atoms with E-state index in [-0.39, 0.29) is 0 Å². The van der Waals surface area contributed by atoms with E-state index in [0.717, 1.165) is 0 Å². The SMILES string of the molecule is CNCC(C)S(=O)(=O)N1CCN(c2ncccn2)CC1. The molecule has 0 radical (unpaired) electrons. The van der Waals surface area contributed by atoms with Crippen LogP contribution in [0.15, 0.2) is 18.5 Å². The van der Waals surface area contributed by atoms with Crippen molar-refractivity contribution in [1.82, 2.24) is 19.6 Å². The van der Waals surface area contributed by atoms with Crippen LogP contribution in [0.4, 0.5) is 5.95 Å². The first-order valence-corrected chi connectivity index (χ1v) is 8.21. The Kier molecular flexibility index (Phi) is 4.90. The first-order chi connectivity index (χ1) is 9.55. The van der Waals surface area contributed by atoms with Gasteiger partial charge in [-0.05, 0) is 20.0 Å². The number of hydrogen-bond donors (Lipinski definition) is 1. The second-order valence-corrected chi connectivity index (χ2v) is 7.20. The summed E-state index contributed by atoms with van der Waals surface area (Å²) < 4.78 is 26.3. The summed E-state index contributed by atoms with van der Waals surface area (Å²) in [4.78, 5) is 10.4. The third-order valence-electron chi connectivity index (χ3n) is 3.43. The van der Waals surface area contributed by atoms with E-state index in [4.69, 9.17) is 0 Å². The highest BCUT2D eigenvalue weighted by Gasteiger charge is 2.31. The van der Waals surface area contributed by atoms with Crippen LogP contribution in [0.3, 0.4) is 0 Å². The summed E-state index contributed by atoms with van der Waals surface area (Å²) >= 11 is 0. The number of aromatic nitrogens is 2. The van der Waals surface area contributed by atoms with Gasteiger partial charge in [-0.2, -0.15) is 4.31 Å². The molecule has 112 valence electrons. The van der Waals surface area contributed by atoms with Gasteiger partial charge in [-0.1, -0.05) is 0 Å². The maximum atomic E-state index is 12.4. The second-order valence-electron chi connectivity index (χ2n) is 4.85. The van der Waals surface area contributed by atoms with Crippen molar-refractivity contribution in [1.29, 1.82) is 0 Å². The number of hydrogen-bond acceptors (Lipinski definition) is 6. The van der Waals surface area contributed by atoms with Crippen LogP contribution in [0, 0.1) is 0 Å². The molecule has 0 spiro atoms. The fourth-order valence-corrected chi connectivity index (χ4v) is 3.80. The Balaban J connectivity index is 1.98. The molecule has 1 aliphatic heterocycles. The molecule has 1 atom stereocenters. The summed E-state index contributed by atoms with van der Waals surface area (Å²) in [5, 5.41) is 2.50. The molecule has 2 heterocycles. The molecule has 2 rings (SSSR count). The number of piperazine rings is 1. The zero-order chi connectivity index (χ0) is 14.6. The highest BCUT2D eigenvalue weighted by atomic mass is 32.2. The van der Waals surface area contributed by atoms with Crippen LogP contribution in [0.2, 0.25) is 0 Å². The van der Waals surface area contributed by atoms with Crippen molar-refractivity contribution in [3.8, 4) is 0 Å². The first kappa shape index (κ1) is 15.1. The van der Waals surface area contributed by atoms with E-state index in [1.807, 2.05) is 4.90 Å². The fourth-order valence-electron chi connectivity index (χ4n) is 2.24. The number of anilines is 1. The molecule has 0 saturated carbocycles. The molecule has 1 aromatic heterocycles. The monoisotopic (exact) mass is 299 g/mol. The Morgan fingerprint density at radius 3 is 2.40 bits per heavy atom. The molecule has 1 unspecified atom stereocenters. The zero-order valence-corrected chi connectivity index (χ0v) is 12.7. The molecule has 1 aliphatic rings. The molecular formula is C12H21N5O2S. The first-order valence-electron chi connectivity index (χ1n) is 6.71. The van der Waals surface area contributed by atoms with E-state index in [1.54, 1.807) is 36.7 Å². The van der Waals surface area contributed by atoms with Crippen molar-refractivity contribution in [3.63, 3.8) is 0 Å². The smallest absolute Gasteiger partial charge is 0.225 e. The van der Waals surface area contributed by atoms with Gasteiger partial charge in [0.1, 0.15) is 0 Å². The summed E-state index contributed by atoms with van der Waals surface area (Å²) in [5.41, 5.74) is 0. The second kappa shape index (κ2) is 6.47. The predicted octanol–water partition coefficient (Wildman–Crippen LogP) is -0.464. The maximum absolute atomic E-state index is 12.4. The van der Waals surface area contributed by atoms with E-state index in [2.05, 4.69) is 15.3 Å². The van der Waals surface area contributed by atoms with Crippen molar-refractivity contribution in [3.05, 3.63) is 18.5 Å². The summed E-state index contributed by atoms with van der Waals surface area (Å²) in [6, 6.07) is 1.77. The van der Waals surface area contributed by atoms with Gasteiger partial charge < -0.3 is 10.2 Å². The van der Waals surface area contributed by atoms with Crippen molar-refractivity contribution < 1.29 is 8.42 Å². The number of nitrogens with one attached hydrogen (secondary N) is 1. The molecule has 0 bridgehead atoms. The average Bonchev–Trinajstić information content (AvgIpc) is 2.48. The Morgan fingerprint density at radius 1 is 1.25 bits per heavy atom. The minimum atomic E-state index is -3.23. The topological polar surface area (TPSA) is 78.4 Å². The lowest BCUT2D eigenvalue weighted by atomic mass is 10.4. The molecule has 1 N–H and O–H groups in total. The Morgan fingerprint density at radius 2 is 1.85 bits per heavy atom. The molecular weight excluding hydrogens is 278 g/mol. The molecule has 1 saturated heterocycles. The van der Waals surface area contributed by atoms with Crippen LogP contribution < -0.4 is 10.2 Å². The molecule has 20 heavy (non-hydrogen) atoms. The van der Waals surface area contributed by atoms with Crippen LogP contribution >= 0.6 is 0 Å². The predicted molar refractivity (Wildman–Crippen MR) is 78.1 cm³/mol. The lowest BCUT2D eigenvalue weighted by Crippen LogP contribution is -2.52. The van der Waals surface area contributed by atoms with E-state index in [1.165, 1.54) is 0 Å². The summed E-state index contributed by atoms with van der Waals surface area (Å²) in [6.07, 6.45) is 3.39. The van der Waals surface area contributed by atoms with Gasteiger partial charge in [-0.25, -0.2) is 18.4 Å². The lowest BCUT2D eigenvalue weighted by Gasteiger charge is -2.35.